The van der Waals surface area contributed by atoms with Gasteiger partial charge in [-0.15, -0.1) is 5.10 Å². The molecule has 1 amide bonds. The van der Waals surface area contributed by atoms with Crippen LogP contribution in [0.2, 0.25) is 0 Å². The zero-order valence-electron chi connectivity index (χ0n) is 18.0. The SMILES string of the molecule is CCCNC(=O)CN(C)c1nn2c(NC(C)(C)C)c(-c3ccc(C)cc3)nc2s1. The van der Waals surface area contributed by atoms with Crippen LogP contribution in [0.3, 0.4) is 0 Å². The Morgan fingerprint density at radius 2 is 1.93 bits per heavy atom. The van der Waals surface area contributed by atoms with Crippen molar-refractivity contribution in [3.05, 3.63) is 29.8 Å². The van der Waals surface area contributed by atoms with Gasteiger partial charge in [-0.05, 0) is 34.1 Å². The van der Waals surface area contributed by atoms with Gasteiger partial charge < -0.3 is 15.5 Å². The van der Waals surface area contributed by atoms with Gasteiger partial charge in [0.05, 0.1) is 6.54 Å². The lowest BCUT2D eigenvalue weighted by molar-refractivity contribution is -0.119. The van der Waals surface area contributed by atoms with E-state index in [-0.39, 0.29) is 18.0 Å². The van der Waals surface area contributed by atoms with E-state index in [2.05, 4.69) is 62.6 Å². The topological polar surface area (TPSA) is 74.6 Å². The third kappa shape index (κ3) is 5.06. The Labute approximate surface area is 176 Å². The standard InChI is InChI=1S/C21H30N6OS/c1-7-12-22-16(28)13-26(6)20-25-27-18(24-21(3,4)5)17(23-19(27)29-20)15-10-8-14(2)9-11-15/h8-11,24H,7,12-13H2,1-6H3,(H,22,28). The van der Waals surface area contributed by atoms with Crippen LogP contribution in [0.4, 0.5) is 10.9 Å². The van der Waals surface area contributed by atoms with E-state index in [4.69, 9.17) is 10.1 Å². The lowest BCUT2D eigenvalue weighted by atomic mass is 10.1. The average molecular weight is 415 g/mol. The van der Waals surface area contributed by atoms with Gasteiger partial charge in [0, 0.05) is 24.7 Å². The van der Waals surface area contributed by atoms with E-state index < -0.39 is 0 Å². The number of likely N-dealkylation sites (N-methyl/N-ethyl adjacent to an activating group) is 1. The second kappa shape index (κ2) is 8.41. The molecule has 0 aliphatic carbocycles. The van der Waals surface area contributed by atoms with Gasteiger partial charge in [0.2, 0.25) is 16.0 Å². The molecule has 0 spiro atoms. The first kappa shape index (κ1) is 21.1. The van der Waals surface area contributed by atoms with Crippen molar-refractivity contribution >= 4 is 33.2 Å². The molecule has 3 rings (SSSR count). The summed E-state index contributed by atoms with van der Waals surface area (Å²) < 4.78 is 1.85. The first-order valence-electron chi connectivity index (χ1n) is 9.90. The Morgan fingerprint density at radius 1 is 1.24 bits per heavy atom. The Balaban J connectivity index is 1.95. The molecular formula is C21H30N6OS. The van der Waals surface area contributed by atoms with Gasteiger partial charge in [-0.2, -0.15) is 4.52 Å². The van der Waals surface area contributed by atoms with Crippen LogP contribution in [-0.2, 0) is 4.79 Å². The first-order valence-corrected chi connectivity index (χ1v) is 10.7. The summed E-state index contributed by atoms with van der Waals surface area (Å²) >= 11 is 1.48. The van der Waals surface area contributed by atoms with Crippen molar-refractivity contribution in [3.63, 3.8) is 0 Å². The summed E-state index contributed by atoms with van der Waals surface area (Å²) in [6.07, 6.45) is 0.921. The van der Waals surface area contributed by atoms with Gasteiger partial charge in [-0.3, -0.25) is 4.79 Å². The molecule has 8 heteroatoms. The molecule has 3 aromatic rings. The largest absolute Gasteiger partial charge is 0.364 e. The van der Waals surface area contributed by atoms with Crippen LogP contribution >= 0.6 is 11.3 Å². The van der Waals surface area contributed by atoms with Gasteiger partial charge in [0.25, 0.3) is 0 Å². The lowest BCUT2D eigenvalue weighted by Gasteiger charge is -2.22. The van der Waals surface area contributed by atoms with Crippen molar-refractivity contribution in [2.75, 3.05) is 30.4 Å². The average Bonchev–Trinajstić information content (AvgIpc) is 3.19. The minimum atomic E-state index is -0.148. The Morgan fingerprint density at radius 3 is 2.55 bits per heavy atom. The van der Waals surface area contributed by atoms with Crippen molar-refractivity contribution in [1.82, 2.24) is 19.9 Å². The van der Waals surface area contributed by atoms with Crippen LogP contribution in [0.15, 0.2) is 24.3 Å². The summed E-state index contributed by atoms with van der Waals surface area (Å²) in [5.74, 6) is 0.860. The normalized spacial score (nSPS) is 11.7. The summed E-state index contributed by atoms with van der Waals surface area (Å²) in [4.78, 5) is 19.6. The van der Waals surface area contributed by atoms with Crippen LogP contribution in [0.1, 0.15) is 39.7 Å². The van der Waals surface area contributed by atoms with Gasteiger partial charge in [0.1, 0.15) is 5.69 Å². The minimum absolute atomic E-state index is 0.00410. The summed E-state index contributed by atoms with van der Waals surface area (Å²) in [6, 6.07) is 8.35. The highest BCUT2D eigenvalue weighted by Gasteiger charge is 2.23. The number of hydrogen-bond acceptors (Lipinski definition) is 6. The molecule has 29 heavy (non-hydrogen) atoms. The number of imidazole rings is 1. The monoisotopic (exact) mass is 414 g/mol. The molecule has 0 aliphatic heterocycles. The van der Waals surface area contributed by atoms with Crippen molar-refractivity contribution in [2.45, 2.75) is 46.6 Å². The summed E-state index contributed by atoms with van der Waals surface area (Å²) in [5, 5.41) is 12.0. The number of carbonyl (C=O) groups is 1. The van der Waals surface area contributed by atoms with Crippen LogP contribution in [0, 0.1) is 6.92 Å². The number of rotatable bonds is 7. The molecule has 0 saturated heterocycles. The van der Waals surface area contributed by atoms with E-state index in [0.717, 1.165) is 33.6 Å². The molecule has 156 valence electrons. The fraction of sp³-hybridized carbons (Fsp3) is 0.476. The quantitative estimate of drug-likeness (QED) is 0.613. The molecule has 0 radical (unpaired) electrons. The number of hydrogen-bond donors (Lipinski definition) is 2. The predicted octanol–water partition coefficient (Wildman–Crippen LogP) is 3.94. The fourth-order valence-corrected chi connectivity index (χ4v) is 3.74. The van der Waals surface area contributed by atoms with Crippen LogP contribution < -0.4 is 15.5 Å². The van der Waals surface area contributed by atoms with Crippen molar-refractivity contribution < 1.29 is 4.79 Å². The van der Waals surface area contributed by atoms with Gasteiger partial charge >= 0.3 is 0 Å². The molecule has 1 aromatic carbocycles. The molecule has 0 saturated carbocycles. The maximum atomic E-state index is 12.0. The summed E-state index contributed by atoms with van der Waals surface area (Å²) in [5.41, 5.74) is 3.00. The number of nitrogens with one attached hydrogen (secondary N) is 2. The minimum Gasteiger partial charge on any atom is -0.364 e. The maximum Gasteiger partial charge on any atom is 0.239 e. The molecule has 0 unspecified atom stereocenters. The van der Waals surface area contributed by atoms with Crippen molar-refractivity contribution in [3.8, 4) is 11.3 Å². The lowest BCUT2D eigenvalue weighted by Crippen LogP contribution is -2.35. The highest BCUT2D eigenvalue weighted by molar-refractivity contribution is 7.20. The number of carbonyl (C=O) groups excluding carboxylic acids is 1. The fourth-order valence-electron chi connectivity index (χ4n) is 2.88. The van der Waals surface area contributed by atoms with E-state index in [1.54, 1.807) is 0 Å². The Kier molecular flexibility index (Phi) is 6.12. The number of fused-ring (bicyclic) bond motifs is 1. The molecule has 0 bridgehead atoms. The summed E-state index contributed by atoms with van der Waals surface area (Å²) in [6.45, 7) is 11.4. The van der Waals surface area contributed by atoms with E-state index >= 15 is 0 Å². The number of nitrogens with zero attached hydrogens (tertiary/aromatic N) is 4. The van der Waals surface area contributed by atoms with E-state index in [0.29, 0.717) is 6.54 Å². The zero-order valence-corrected chi connectivity index (χ0v) is 18.9. The number of aromatic nitrogens is 3. The first-order chi connectivity index (χ1) is 13.7. The van der Waals surface area contributed by atoms with Gasteiger partial charge in [-0.1, -0.05) is 48.1 Å². The number of anilines is 2. The number of benzene rings is 1. The molecular weight excluding hydrogens is 384 g/mol. The Bertz CT molecular complexity index is 983. The second-order valence-electron chi connectivity index (χ2n) is 8.34. The Hall–Kier alpha value is -2.61. The smallest absolute Gasteiger partial charge is 0.239 e. The maximum absolute atomic E-state index is 12.0. The molecule has 2 N–H and O–H groups in total. The summed E-state index contributed by atoms with van der Waals surface area (Å²) in [7, 11) is 1.88. The molecule has 2 aromatic heterocycles. The number of aryl methyl sites for hydroxylation is 1. The van der Waals surface area contributed by atoms with Crippen LogP contribution in [0.5, 0.6) is 0 Å². The van der Waals surface area contributed by atoms with Crippen molar-refractivity contribution in [1.29, 1.82) is 0 Å². The van der Waals surface area contributed by atoms with Crippen LogP contribution in [0.25, 0.3) is 16.2 Å². The van der Waals surface area contributed by atoms with E-state index in [1.807, 2.05) is 23.4 Å². The number of amides is 1. The molecule has 2 heterocycles. The highest BCUT2D eigenvalue weighted by atomic mass is 32.1. The zero-order chi connectivity index (χ0) is 21.2. The van der Waals surface area contributed by atoms with E-state index in [1.165, 1.54) is 16.9 Å². The molecule has 0 atom stereocenters. The molecule has 0 aliphatic rings. The van der Waals surface area contributed by atoms with Crippen molar-refractivity contribution in [2.24, 2.45) is 0 Å². The molecule has 0 fully saturated rings. The molecule has 7 nitrogen and oxygen atoms in total. The third-order valence-corrected chi connectivity index (χ3v) is 5.31. The predicted molar refractivity (Wildman–Crippen MR) is 121 cm³/mol. The van der Waals surface area contributed by atoms with E-state index in [9.17, 15) is 4.79 Å². The van der Waals surface area contributed by atoms with Crippen LogP contribution in [-0.4, -0.2) is 46.2 Å². The van der Waals surface area contributed by atoms with Gasteiger partial charge in [-0.25, -0.2) is 4.98 Å². The third-order valence-electron chi connectivity index (χ3n) is 4.29. The van der Waals surface area contributed by atoms with Gasteiger partial charge in [0.15, 0.2) is 5.82 Å². The highest BCUT2D eigenvalue weighted by Crippen LogP contribution is 2.34. The second-order valence-corrected chi connectivity index (χ2v) is 9.27.